The van der Waals surface area contributed by atoms with Crippen LogP contribution in [0.4, 0.5) is 14.5 Å². The van der Waals surface area contributed by atoms with Crippen LogP contribution < -0.4 is 9.46 Å². The van der Waals surface area contributed by atoms with Crippen molar-refractivity contribution in [1.29, 1.82) is 0 Å². The highest BCUT2D eigenvalue weighted by Gasteiger charge is 2.22. The van der Waals surface area contributed by atoms with Gasteiger partial charge in [0.2, 0.25) is 5.88 Å². The Morgan fingerprint density at radius 2 is 1.70 bits per heavy atom. The van der Waals surface area contributed by atoms with Crippen LogP contribution in [0.15, 0.2) is 66.0 Å². The third-order valence-electron chi connectivity index (χ3n) is 5.67. The summed E-state index contributed by atoms with van der Waals surface area (Å²) in [7, 11) is -1.27. The molecule has 0 spiro atoms. The zero-order valence-corrected chi connectivity index (χ0v) is 20.7. The number of aromatic nitrogens is 5. The van der Waals surface area contributed by atoms with Crippen molar-refractivity contribution in [2.45, 2.75) is 11.8 Å². The molecule has 0 aliphatic carbocycles. The third-order valence-corrected chi connectivity index (χ3v) is 7.06. The van der Waals surface area contributed by atoms with Crippen LogP contribution in [0.25, 0.3) is 33.4 Å². The molecule has 4 aromatic heterocycles. The Bertz CT molecular complexity index is 1770. The first kappa shape index (κ1) is 24.3. The molecule has 0 saturated heterocycles. The van der Waals surface area contributed by atoms with Gasteiger partial charge in [-0.2, -0.15) is 5.10 Å². The maximum Gasteiger partial charge on any atom is 0.264 e. The molecular formula is C25H20F2N6O3S. The van der Waals surface area contributed by atoms with E-state index in [2.05, 4.69) is 24.8 Å². The summed E-state index contributed by atoms with van der Waals surface area (Å²) in [6.07, 6.45) is 4.82. The fourth-order valence-electron chi connectivity index (χ4n) is 4.01. The van der Waals surface area contributed by atoms with Crippen LogP contribution >= 0.6 is 0 Å². The van der Waals surface area contributed by atoms with E-state index in [0.717, 1.165) is 34.5 Å². The number of fused-ring (bicyclic) bond motifs is 1. The van der Waals surface area contributed by atoms with Gasteiger partial charge in [0.25, 0.3) is 10.0 Å². The van der Waals surface area contributed by atoms with Gasteiger partial charge in [-0.3, -0.25) is 14.4 Å². The van der Waals surface area contributed by atoms with Gasteiger partial charge in [0.1, 0.15) is 22.2 Å². The lowest BCUT2D eigenvalue weighted by molar-refractivity contribution is 0.400. The van der Waals surface area contributed by atoms with E-state index < -0.39 is 26.6 Å². The van der Waals surface area contributed by atoms with Gasteiger partial charge in [-0.1, -0.05) is 0 Å². The molecule has 12 heteroatoms. The fraction of sp³-hybridized carbons (Fsp3) is 0.120. The molecule has 1 N–H and O–H groups in total. The second-order valence-corrected chi connectivity index (χ2v) is 9.87. The Kier molecular flexibility index (Phi) is 6.04. The minimum atomic E-state index is -4.42. The maximum atomic E-state index is 14.2. The molecule has 0 fully saturated rings. The highest BCUT2D eigenvalue weighted by atomic mass is 32.2. The highest BCUT2D eigenvalue weighted by Crippen LogP contribution is 2.34. The predicted octanol–water partition coefficient (Wildman–Crippen LogP) is 4.49. The molecule has 188 valence electrons. The van der Waals surface area contributed by atoms with E-state index in [9.17, 15) is 17.2 Å². The lowest BCUT2D eigenvalue weighted by Gasteiger charge is -2.13. The smallest absolute Gasteiger partial charge is 0.264 e. The number of benzene rings is 1. The predicted molar refractivity (Wildman–Crippen MR) is 133 cm³/mol. The van der Waals surface area contributed by atoms with Crippen LogP contribution in [-0.4, -0.2) is 40.3 Å². The zero-order valence-electron chi connectivity index (χ0n) is 19.9. The van der Waals surface area contributed by atoms with Gasteiger partial charge in [0.05, 0.1) is 12.8 Å². The van der Waals surface area contributed by atoms with E-state index in [4.69, 9.17) is 4.74 Å². The van der Waals surface area contributed by atoms with E-state index in [-0.39, 0.29) is 11.6 Å². The molecule has 9 nitrogen and oxygen atoms in total. The Hall–Kier alpha value is -4.45. The average Bonchev–Trinajstić information content (AvgIpc) is 3.18. The van der Waals surface area contributed by atoms with Crippen molar-refractivity contribution in [2.75, 3.05) is 11.8 Å². The molecule has 4 heterocycles. The van der Waals surface area contributed by atoms with E-state index in [0.29, 0.717) is 22.8 Å². The maximum absolute atomic E-state index is 14.2. The number of nitrogens with one attached hydrogen (secondary N) is 1. The van der Waals surface area contributed by atoms with Crippen molar-refractivity contribution in [2.24, 2.45) is 7.05 Å². The van der Waals surface area contributed by atoms with Gasteiger partial charge in [-0.05, 0) is 43.3 Å². The highest BCUT2D eigenvalue weighted by molar-refractivity contribution is 7.92. The molecule has 5 aromatic rings. The van der Waals surface area contributed by atoms with Gasteiger partial charge in [0.15, 0.2) is 5.65 Å². The number of hydrogen-bond donors (Lipinski definition) is 1. The molecule has 1 aromatic carbocycles. The Morgan fingerprint density at radius 1 is 0.946 bits per heavy atom. The van der Waals surface area contributed by atoms with Gasteiger partial charge in [0, 0.05) is 59.5 Å². The monoisotopic (exact) mass is 522 g/mol. The first-order valence-electron chi connectivity index (χ1n) is 10.9. The molecule has 0 aliphatic heterocycles. The normalized spacial score (nSPS) is 11.6. The first-order chi connectivity index (χ1) is 17.7. The Balaban J connectivity index is 1.58. The number of rotatable bonds is 6. The zero-order chi connectivity index (χ0) is 26.3. The summed E-state index contributed by atoms with van der Waals surface area (Å²) >= 11 is 0. The quantitative estimate of drug-likeness (QED) is 0.350. The standard InChI is InChI=1S/C25H20F2N6O3S/c1-14-8-15(6-7-28-14)23-19-9-16(12-29-24(19)31-33(23)2)17-10-21(25(36-3)30-13-17)32-37(34,35)22-5-4-18(26)11-20(22)27/h4-13,32H,1-3H3. The average molecular weight is 523 g/mol. The lowest BCUT2D eigenvalue weighted by atomic mass is 10.0. The number of ether oxygens (including phenoxy) is 1. The van der Waals surface area contributed by atoms with E-state index in [1.807, 2.05) is 32.2 Å². The van der Waals surface area contributed by atoms with Crippen LogP contribution in [0.3, 0.4) is 0 Å². The van der Waals surface area contributed by atoms with Crippen LogP contribution in [-0.2, 0) is 17.1 Å². The molecule has 0 bridgehead atoms. The topological polar surface area (TPSA) is 112 Å². The molecule has 0 atom stereocenters. The van der Waals surface area contributed by atoms with Crippen molar-refractivity contribution < 1.29 is 21.9 Å². The van der Waals surface area contributed by atoms with Crippen LogP contribution in [0.2, 0.25) is 0 Å². The Labute approximate surface area is 210 Å². The number of aryl methyl sites for hydroxylation is 2. The van der Waals surface area contributed by atoms with E-state index in [1.165, 1.54) is 19.4 Å². The SMILES string of the molecule is COc1ncc(-c2cnc3nn(C)c(-c4ccnc(C)c4)c3c2)cc1NS(=O)(=O)c1ccc(F)cc1F. The summed E-state index contributed by atoms with van der Waals surface area (Å²) in [5.41, 5.74) is 4.27. The first-order valence-corrected chi connectivity index (χ1v) is 12.4. The summed E-state index contributed by atoms with van der Waals surface area (Å²) in [6.45, 7) is 1.90. The molecule has 0 unspecified atom stereocenters. The molecular weight excluding hydrogens is 502 g/mol. The number of anilines is 1. The van der Waals surface area contributed by atoms with Gasteiger partial charge >= 0.3 is 0 Å². The number of sulfonamides is 1. The number of methoxy groups -OCH3 is 1. The van der Waals surface area contributed by atoms with Crippen molar-refractivity contribution in [1.82, 2.24) is 24.7 Å². The number of nitrogens with zero attached hydrogens (tertiary/aromatic N) is 5. The summed E-state index contributed by atoms with van der Waals surface area (Å²) in [4.78, 5) is 12.2. The van der Waals surface area contributed by atoms with Crippen LogP contribution in [0, 0.1) is 18.6 Å². The minimum Gasteiger partial charge on any atom is -0.480 e. The van der Waals surface area contributed by atoms with Gasteiger partial charge in [-0.25, -0.2) is 27.2 Å². The Morgan fingerprint density at radius 3 is 2.43 bits per heavy atom. The van der Waals surface area contributed by atoms with Crippen molar-refractivity contribution >= 4 is 26.7 Å². The lowest BCUT2D eigenvalue weighted by Crippen LogP contribution is -2.15. The molecule has 0 saturated carbocycles. The van der Waals surface area contributed by atoms with Crippen molar-refractivity contribution in [3.8, 4) is 28.3 Å². The molecule has 0 aliphatic rings. The number of pyridine rings is 3. The fourth-order valence-corrected chi connectivity index (χ4v) is 5.12. The molecule has 0 radical (unpaired) electrons. The van der Waals surface area contributed by atoms with Crippen LogP contribution in [0.1, 0.15) is 5.69 Å². The molecule has 37 heavy (non-hydrogen) atoms. The van der Waals surface area contributed by atoms with Crippen molar-refractivity contribution in [3.05, 3.63) is 78.4 Å². The second-order valence-electron chi connectivity index (χ2n) is 8.21. The number of halogens is 2. The van der Waals surface area contributed by atoms with Gasteiger partial charge in [-0.15, -0.1) is 0 Å². The third kappa shape index (κ3) is 4.58. The summed E-state index contributed by atoms with van der Waals surface area (Å²) in [5, 5.41) is 5.27. The van der Waals surface area contributed by atoms with Crippen molar-refractivity contribution in [3.63, 3.8) is 0 Å². The van der Waals surface area contributed by atoms with Crippen LogP contribution in [0.5, 0.6) is 5.88 Å². The largest absolute Gasteiger partial charge is 0.480 e. The van der Waals surface area contributed by atoms with E-state index >= 15 is 0 Å². The van der Waals surface area contributed by atoms with E-state index in [1.54, 1.807) is 17.1 Å². The summed E-state index contributed by atoms with van der Waals surface area (Å²) in [5.74, 6) is -2.14. The molecule has 5 rings (SSSR count). The molecule has 0 amide bonds. The number of hydrogen-bond acceptors (Lipinski definition) is 7. The minimum absolute atomic E-state index is 0.0278. The summed E-state index contributed by atoms with van der Waals surface area (Å²) < 4.78 is 62.5. The van der Waals surface area contributed by atoms with Gasteiger partial charge < -0.3 is 4.74 Å². The summed E-state index contributed by atoms with van der Waals surface area (Å²) in [6, 6.07) is 9.41. The second kappa shape index (κ2) is 9.21.